The van der Waals surface area contributed by atoms with Gasteiger partial charge < -0.3 is 21.9 Å². The molecule has 4 nitrogen and oxygen atoms in total. The summed E-state index contributed by atoms with van der Waals surface area (Å²) in [7, 11) is 0. The number of hydrogen-bond donors (Lipinski definition) is 0. The zero-order valence-electron chi connectivity index (χ0n) is 2.45. The Bertz CT molecular complexity index is 7.51. The van der Waals surface area contributed by atoms with Crippen LogP contribution >= 0.6 is 0 Å². The summed E-state index contributed by atoms with van der Waals surface area (Å²) >= 11 is 0. The molecule has 2 N–H and O–H groups in total. The summed E-state index contributed by atoms with van der Waals surface area (Å²) in [5.74, 6) is 0. The molecule has 0 fully saturated rings. The van der Waals surface area contributed by atoms with Crippen molar-refractivity contribution >= 4 is 0 Å². The fourth-order valence-electron chi connectivity index (χ4n) is 0. The van der Waals surface area contributed by atoms with Crippen molar-refractivity contribution in [1.29, 1.82) is 0 Å². The van der Waals surface area contributed by atoms with Gasteiger partial charge in [-0.05, 0) is 0 Å². The van der Waals surface area contributed by atoms with Gasteiger partial charge in [0.1, 0.15) is 0 Å². The molecule has 0 heterocycles. The molecule has 6 heteroatoms. The number of rotatable bonds is 0. The van der Waals surface area contributed by atoms with E-state index in [-0.39, 0.29) is 56.0 Å². The van der Waals surface area contributed by atoms with Crippen molar-refractivity contribution in [2.75, 3.05) is 0 Å². The molecule has 0 aliphatic heterocycles. The quantitative estimate of drug-likeness (QED) is 0.491. The Hall–Kier alpha value is 0.879. The van der Waals surface area contributed by atoms with E-state index in [2.05, 4.69) is 0 Å². The van der Waals surface area contributed by atoms with Crippen LogP contribution in [0.2, 0.25) is 0 Å². The summed E-state index contributed by atoms with van der Waals surface area (Å²) in [6.45, 7) is 0. The standard InChI is InChI=1S/Co.Cr.2H2O.2O/h;;2*1H2;;/q+2;+4;;;2*-2/p-2. The predicted molar refractivity (Wildman–Crippen MR) is 5.24 cm³/mol. The molecule has 0 unspecified atom stereocenters. The molecule has 0 spiro atoms. The molecule has 0 saturated carbocycles. The van der Waals surface area contributed by atoms with Crippen molar-refractivity contribution in [2.24, 2.45) is 0 Å². The van der Waals surface area contributed by atoms with Crippen molar-refractivity contribution in [1.82, 2.24) is 0 Å². The summed E-state index contributed by atoms with van der Waals surface area (Å²) in [5.41, 5.74) is 0. The maximum absolute atomic E-state index is 0. The second-order valence-corrected chi connectivity index (χ2v) is 0. The van der Waals surface area contributed by atoms with E-state index in [0.29, 0.717) is 0 Å². The van der Waals surface area contributed by atoms with Crippen LogP contribution in [0, 0.1) is 0 Å². The third-order valence-corrected chi connectivity index (χ3v) is 0. The first-order valence-electron chi connectivity index (χ1n) is 0. The van der Waals surface area contributed by atoms with Crippen molar-refractivity contribution in [3.63, 3.8) is 0 Å². The van der Waals surface area contributed by atoms with Gasteiger partial charge in [-0.15, -0.1) is 0 Å². The molecule has 6 heavy (non-hydrogen) atoms. The summed E-state index contributed by atoms with van der Waals surface area (Å²) < 4.78 is 0. The first-order valence-corrected chi connectivity index (χ1v) is 0. The zero-order valence-corrected chi connectivity index (χ0v) is 4.77. The van der Waals surface area contributed by atoms with Crippen molar-refractivity contribution in [3.05, 3.63) is 0 Å². The normalized spacial score (nSPS) is 0. The van der Waals surface area contributed by atoms with Crippen LogP contribution in [-0.2, 0) is 45.1 Å². The monoisotopic (exact) mass is 177 g/mol. The van der Waals surface area contributed by atoms with E-state index in [4.69, 9.17) is 0 Å². The SMILES string of the molecule is [Co+2].[Cr+4].[O-2].[O-2].[OH-].[OH-]. The summed E-state index contributed by atoms with van der Waals surface area (Å²) in [4.78, 5) is 0. The van der Waals surface area contributed by atoms with Crippen LogP contribution in [0.4, 0.5) is 0 Å². The van der Waals surface area contributed by atoms with E-state index in [9.17, 15) is 0 Å². The molecule has 0 atom stereocenters. The maximum atomic E-state index is 0. The molecule has 0 rings (SSSR count). The molecule has 41 valence electrons. The Morgan fingerprint density at radius 3 is 0.667 bits per heavy atom. The zero-order chi connectivity index (χ0) is 0. The van der Waals surface area contributed by atoms with Gasteiger partial charge in [-0.1, -0.05) is 0 Å². The summed E-state index contributed by atoms with van der Waals surface area (Å²) in [6, 6.07) is 0. The van der Waals surface area contributed by atoms with E-state index >= 15 is 0 Å². The van der Waals surface area contributed by atoms with Crippen molar-refractivity contribution < 1.29 is 56.0 Å². The second-order valence-electron chi connectivity index (χ2n) is 0. The van der Waals surface area contributed by atoms with Gasteiger partial charge in [0.05, 0.1) is 0 Å². The molecule has 0 bridgehead atoms. The summed E-state index contributed by atoms with van der Waals surface area (Å²) in [6.07, 6.45) is 0. The molecule has 0 aromatic heterocycles. The van der Waals surface area contributed by atoms with E-state index < -0.39 is 0 Å². The van der Waals surface area contributed by atoms with E-state index in [0.717, 1.165) is 0 Å². The molecule has 0 saturated heterocycles. The van der Waals surface area contributed by atoms with Gasteiger partial charge in [0.25, 0.3) is 0 Å². The average molecular weight is 177 g/mol. The summed E-state index contributed by atoms with van der Waals surface area (Å²) in [5, 5.41) is 0. The second kappa shape index (κ2) is 181. The van der Waals surface area contributed by atoms with Crippen LogP contribution in [-0.4, -0.2) is 11.0 Å². The van der Waals surface area contributed by atoms with Crippen LogP contribution in [0.15, 0.2) is 0 Å². The van der Waals surface area contributed by atoms with E-state index in [1.54, 1.807) is 0 Å². The molecular weight excluding hydrogens is 175 g/mol. The third-order valence-electron chi connectivity index (χ3n) is 0. The fourth-order valence-corrected chi connectivity index (χ4v) is 0. The smallest absolute Gasteiger partial charge is 2.00 e. The van der Waals surface area contributed by atoms with E-state index in [1.165, 1.54) is 0 Å². The van der Waals surface area contributed by atoms with Gasteiger partial charge in [-0.3, -0.25) is 0 Å². The van der Waals surface area contributed by atoms with Crippen molar-refractivity contribution in [2.45, 2.75) is 0 Å². The average Bonchev–Trinajstić information content (AvgIpc) is 0. The topological polar surface area (TPSA) is 117 Å². The van der Waals surface area contributed by atoms with Gasteiger partial charge in [-0.25, -0.2) is 0 Å². The molecule has 0 aromatic carbocycles. The Morgan fingerprint density at radius 1 is 0.667 bits per heavy atom. The van der Waals surface area contributed by atoms with Crippen LogP contribution in [0.5, 0.6) is 0 Å². The molecule has 1 radical (unpaired) electrons. The predicted octanol–water partition coefficient (Wildman–Crippen LogP) is -0.596. The molecule has 0 aromatic rings. The van der Waals surface area contributed by atoms with Crippen LogP contribution in [0.1, 0.15) is 0 Å². The minimum absolute atomic E-state index is 0. The molecular formula is H2CoCrO4. The largest absolute Gasteiger partial charge is 4.00 e. The molecule has 0 aliphatic carbocycles. The molecule has 0 aliphatic rings. The minimum atomic E-state index is 0. The Kier molecular flexibility index (Phi) is 9290. The first-order chi connectivity index (χ1) is 0. The third kappa shape index (κ3) is 95.0. The van der Waals surface area contributed by atoms with Gasteiger partial charge >= 0.3 is 34.1 Å². The van der Waals surface area contributed by atoms with Crippen molar-refractivity contribution in [3.8, 4) is 0 Å². The minimum Gasteiger partial charge on any atom is -2.00 e. The van der Waals surface area contributed by atoms with Crippen LogP contribution in [0.3, 0.4) is 0 Å². The molecule has 0 amide bonds. The van der Waals surface area contributed by atoms with Gasteiger partial charge in [0, 0.05) is 0 Å². The van der Waals surface area contributed by atoms with Gasteiger partial charge in [0.15, 0.2) is 0 Å². The Balaban J connectivity index is 0. The van der Waals surface area contributed by atoms with Gasteiger partial charge in [-0.2, -0.15) is 0 Å². The van der Waals surface area contributed by atoms with Crippen LogP contribution in [0.25, 0.3) is 0 Å². The van der Waals surface area contributed by atoms with Crippen LogP contribution < -0.4 is 0 Å². The number of hydrogen-bond acceptors (Lipinski definition) is 2. The van der Waals surface area contributed by atoms with E-state index in [1.807, 2.05) is 0 Å². The van der Waals surface area contributed by atoms with Gasteiger partial charge in [0.2, 0.25) is 0 Å². The maximum Gasteiger partial charge on any atom is 4.00 e. The first kappa shape index (κ1) is 308. The Morgan fingerprint density at radius 2 is 0.667 bits per heavy atom. The fraction of sp³-hybridized carbons (Fsp3) is 0. The Labute approximate surface area is 56.5 Å².